The fourth-order valence-corrected chi connectivity index (χ4v) is 1.89. The summed E-state index contributed by atoms with van der Waals surface area (Å²) in [5.41, 5.74) is 0. The van der Waals surface area contributed by atoms with E-state index in [1.165, 1.54) is 17.8 Å². The zero-order valence-corrected chi connectivity index (χ0v) is 8.18. The lowest BCUT2D eigenvalue weighted by atomic mass is 9.96. The van der Waals surface area contributed by atoms with Gasteiger partial charge in [-0.25, -0.2) is 0 Å². The summed E-state index contributed by atoms with van der Waals surface area (Å²) in [5.74, 6) is 0.113. The van der Waals surface area contributed by atoms with Gasteiger partial charge < -0.3 is 4.74 Å². The Bertz CT molecular complexity index is 275. The number of hydrogen-bond donors (Lipinski definition) is 0. The SMILES string of the molecule is O=C(COC1CCC1)c1cccs1. The second-order valence-corrected chi connectivity index (χ2v) is 4.21. The molecule has 0 aliphatic heterocycles. The first kappa shape index (κ1) is 8.91. The lowest BCUT2D eigenvalue weighted by Crippen LogP contribution is -2.24. The number of Topliss-reactive ketones (excluding diaryl/α,β-unsaturated/α-hetero) is 1. The maximum atomic E-state index is 11.4. The minimum atomic E-state index is 0.113. The third-order valence-electron chi connectivity index (χ3n) is 2.30. The topological polar surface area (TPSA) is 26.3 Å². The number of thiophene rings is 1. The number of ketones is 1. The molecule has 3 heteroatoms. The minimum absolute atomic E-state index is 0.113. The molecule has 1 aromatic heterocycles. The van der Waals surface area contributed by atoms with Crippen molar-refractivity contribution in [2.75, 3.05) is 6.61 Å². The van der Waals surface area contributed by atoms with Crippen LogP contribution in [-0.4, -0.2) is 18.5 Å². The molecule has 0 amide bonds. The molecule has 1 saturated carbocycles. The summed E-state index contributed by atoms with van der Waals surface area (Å²) in [7, 11) is 0. The number of ether oxygens (including phenoxy) is 1. The summed E-state index contributed by atoms with van der Waals surface area (Å²) in [6.45, 7) is 0.255. The van der Waals surface area contributed by atoms with Crippen molar-refractivity contribution in [1.82, 2.24) is 0 Å². The van der Waals surface area contributed by atoms with Crippen LogP contribution in [0.25, 0.3) is 0 Å². The van der Waals surface area contributed by atoms with E-state index in [0.29, 0.717) is 6.10 Å². The van der Waals surface area contributed by atoms with E-state index in [0.717, 1.165) is 17.7 Å². The fraction of sp³-hybridized carbons (Fsp3) is 0.500. The van der Waals surface area contributed by atoms with E-state index in [4.69, 9.17) is 4.74 Å². The third kappa shape index (κ3) is 2.17. The molecular formula is C10H12O2S. The summed E-state index contributed by atoms with van der Waals surface area (Å²) in [4.78, 5) is 12.2. The van der Waals surface area contributed by atoms with E-state index in [-0.39, 0.29) is 12.4 Å². The van der Waals surface area contributed by atoms with Crippen LogP contribution >= 0.6 is 11.3 Å². The Balaban J connectivity index is 1.78. The predicted molar refractivity (Wildman–Crippen MR) is 52.2 cm³/mol. The van der Waals surface area contributed by atoms with Crippen molar-refractivity contribution in [3.8, 4) is 0 Å². The summed E-state index contributed by atoms with van der Waals surface area (Å²) >= 11 is 1.48. The van der Waals surface area contributed by atoms with Crippen molar-refractivity contribution < 1.29 is 9.53 Å². The van der Waals surface area contributed by atoms with E-state index < -0.39 is 0 Å². The standard InChI is InChI=1S/C10H12O2S/c11-9(10-5-2-6-13-10)7-12-8-3-1-4-8/h2,5-6,8H,1,3-4,7H2. The Morgan fingerprint density at radius 1 is 1.62 bits per heavy atom. The van der Waals surface area contributed by atoms with Crippen molar-refractivity contribution in [3.63, 3.8) is 0 Å². The molecule has 0 atom stereocenters. The Morgan fingerprint density at radius 3 is 3.00 bits per heavy atom. The van der Waals surface area contributed by atoms with Crippen LogP contribution in [0.15, 0.2) is 17.5 Å². The van der Waals surface area contributed by atoms with Crippen LogP contribution in [0.4, 0.5) is 0 Å². The minimum Gasteiger partial charge on any atom is -0.370 e. The molecule has 0 unspecified atom stereocenters. The third-order valence-corrected chi connectivity index (χ3v) is 3.21. The zero-order valence-electron chi connectivity index (χ0n) is 7.36. The van der Waals surface area contributed by atoms with Crippen molar-refractivity contribution in [1.29, 1.82) is 0 Å². The highest BCUT2D eigenvalue weighted by Crippen LogP contribution is 2.22. The van der Waals surface area contributed by atoms with Crippen LogP contribution < -0.4 is 0 Å². The summed E-state index contributed by atoms with van der Waals surface area (Å²) in [6.07, 6.45) is 3.84. The maximum absolute atomic E-state index is 11.4. The van der Waals surface area contributed by atoms with Crippen molar-refractivity contribution in [2.45, 2.75) is 25.4 Å². The highest BCUT2D eigenvalue weighted by atomic mass is 32.1. The van der Waals surface area contributed by atoms with Crippen molar-refractivity contribution in [3.05, 3.63) is 22.4 Å². The second kappa shape index (κ2) is 4.03. The Morgan fingerprint density at radius 2 is 2.46 bits per heavy atom. The van der Waals surface area contributed by atoms with Gasteiger partial charge in [0.2, 0.25) is 0 Å². The van der Waals surface area contributed by atoms with Gasteiger partial charge in [0.25, 0.3) is 0 Å². The van der Waals surface area contributed by atoms with Gasteiger partial charge in [0.1, 0.15) is 6.61 Å². The van der Waals surface area contributed by atoms with Crippen molar-refractivity contribution >= 4 is 17.1 Å². The molecule has 0 saturated heterocycles. The predicted octanol–water partition coefficient (Wildman–Crippen LogP) is 2.50. The molecule has 1 aromatic rings. The molecule has 0 spiro atoms. The molecule has 0 bridgehead atoms. The first-order valence-corrected chi connectivity index (χ1v) is 5.42. The fourth-order valence-electron chi connectivity index (χ4n) is 1.24. The summed E-state index contributed by atoms with van der Waals surface area (Å²) in [6, 6.07) is 3.73. The molecule has 1 heterocycles. The molecule has 0 aromatic carbocycles. The van der Waals surface area contributed by atoms with E-state index in [1.807, 2.05) is 17.5 Å². The molecule has 1 fully saturated rings. The van der Waals surface area contributed by atoms with Crippen LogP contribution in [0.5, 0.6) is 0 Å². The zero-order chi connectivity index (χ0) is 9.10. The number of rotatable bonds is 4. The van der Waals surface area contributed by atoms with Gasteiger partial charge in [-0.15, -0.1) is 11.3 Å². The van der Waals surface area contributed by atoms with Gasteiger partial charge in [-0.3, -0.25) is 4.79 Å². The number of carbonyl (C=O) groups is 1. The van der Waals surface area contributed by atoms with Crippen LogP contribution in [0.3, 0.4) is 0 Å². The molecule has 0 radical (unpaired) electrons. The molecule has 70 valence electrons. The highest BCUT2D eigenvalue weighted by Gasteiger charge is 2.19. The van der Waals surface area contributed by atoms with E-state index in [2.05, 4.69) is 0 Å². The molecule has 0 N–H and O–H groups in total. The van der Waals surface area contributed by atoms with Gasteiger partial charge in [0, 0.05) is 0 Å². The first-order valence-electron chi connectivity index (χ1n) is 4.54. The van der Waals surface area contributed by atoms with Crippen LogP contribution in [-0.2, 0) is 4.74 Å². The van der Waals surface area contributed by atoms with Crippen LogP contribution in [0.2, 0.25) is 0 Å². The smallest absolute Gasteiger partial charge is 0.198 e. The average molecular weight is 196 g/mol. The highest BCUT2D eigenvalue weighted by molar-refractivity contribution is 7.12. The van der Waals surface area contributed by atoms with E-state index in [9.17, 15) is 4.79 Å². The first-order chi connectivity index (χ1) is 6.36. The van der Waals surface area contributed by atoms with Crippen LogP contribution in [0, 0.1) is 0 Å². The quantitative estimate of drug-likeness (QED) is 0.692. The largest absolute Gasteiger partial charge is 0.370 e. The lowest BCUT2D eigenvalue weighted by molar-refractivity contribution is 0.00748. The molecule has 1 aliphatic rings. The Labute approximate surface area is 81.5 Å². The van der Waals surface area contributed by atoms with Gasteiger partial charge in [0.05, 0.1) is 11.0 Å². The molecule has 13 heavy (non-hydrogen) atoms. The van der Waals surface area contributed by atoms with Gasteiger partial charge in [-0.05, 0) is 30.7 Å². The average Bonchev–Trinajstić information content (AvgIpc) is 2.52. The van der Waals surface area contributed by atoms with E-state index in [1.54, 1.807) is 0 Å². The Kier molecular flexibility index (Phi) is 2.76. The van der Waals surface area contributed by atoms with Gasteiger partial charge in [0.15, 0.2) is 5.78 Å². The molecule has 2 nitrogen and oxygen atoms in total. The maximum Gasteiger partial charge on any atom is 0.198 e. The number of hydrogen-bond acceptors (Lipinski definition) is 3. The Hall–Kier alpha value is -0.670. The van der Waals surface area contributed by atoms with Crippen molar-refractivity contribution in [2.24, 2.45) is 0 Å². The number of carbonyl (C=O) groups excluding carboxylic acids is 1. The van der Waals surface area contributed by atoms with Gasteiger partial charge >= 0.3 is 0 Å². The van der Waals surface area contributed by atoms with Gasteiger partial charge in [-0.1, -0.05) is 6.07 Å². The monoisotopic (exact) mass is 196 g/mol. The normalized spacial score (nSPS) is 16.9. The molecule has 1 aliphatic carbocycles. The molecule has 2 rings (SSSR count). The summed E-state index contributed by atoms with van der Waals surface area (Å²) in [5, 5.41) is 1.91. The van der Waals surface area contributed by atoms with Gasteiger partial charge in [-0.2, -0.15) is 0 Å². The van der Waals surface area contributed by atoms with E-state index >= 15 is 0 Å². The second-order valence-electron chi connectivity index (χ2n) is 3.26. The molecular weight excluding hydrogens is 184 g/mol. The lowest BCUT2D eigenvalue weighted by Gasteiger charge is -2.24. The van der Waals surface area contributed by atoms with Crippen LogP contribution in [0.1, 0.15) is 28.9 Å². The summed E-state index contributed by atoms with van der Waals surface area (Å²) < 4.78 is 5.42.